The van der Waals surface area contributed by atoms with E-state index in [1.165, 1.54) is 11.6 Å². The normalized spacial score (nSPS) is 20.6. The van der Waals surface area contributed by atoms with Gasteiger partial charge in [0.1, 0.15) is 24.0 Å². The fourth-order valence-corrected chi connectivity index (χ4v) is 5.32. The van der Waals surface area contributed by atoms with Crippen molar-refractivity contribution in [2.24, 2.45) is 0 Å². The predicted molar refractivity (Wildman–Crippen MR) is 142 cm³/mol. The molecule has 2 unspecified atom stereocenters. The number of rotatable bonds is 9. The van der Waals surface area contributed by atoms with Crippen molar-refractivity contribution in [1.29, 1.82) is 0 Å². The van der Waals surface area contributed by atoms with Gasteiger partial charge in [0.2, 0.25) is 12.0 Å². The second kappa shape index (κ2) is 11.0. The van der Waals surface area contributed by atoms with Crippen LogP contribution in [-0.4, -0.2) is 57.4 Å². The van der Waals surface area contributed by atoms with Crippen molar-refractivity contribution < 1.29 is 28.5 Å². The Morgan fingerprint density at radius 2 is 2.13 bits per heavy atom. The maximum atomic E-state index is 14.1. The highest BCUT2D eigenvalue weighted by molar-refractivity contribution is 6.30. The number of carbonyl (C=O) groups is 1. The highest BCUT2D eigenvalue weighted by Gasteiger charge is 2.36. The average Bonchev–Trinajstić information content (AvgIpc) is 3.45. The van der Waals surface area contributed by atoms with E-state index in [-0.39, 0.29) is 18.5 Å². The number of nitrogens with zero attached hydrogens (tertiary/aromatic N) is 3. The van der Waals surface area contributed by atoms with Gasteiger partial charge in [0.05, 0.1) is 24.9 Å². The van der Waals surface area contributed by atoms with E-state index >= 15 is 0 Å². The van der Waals surface area contributed by atoms with Gasteiger partial charge in [-0.15, -0.1) is 0 Å². The SMILES string of the molecule is O=C(O)C1Cc2c(nc(CN3CC=C(c4cccc(OCc5ccc(Cl)cc5F)c4)CC3)n2CC2CCO2)O1. The van der Waals surface area contributed by atoms with Crippen molar-refractivity contribution in [3.63, 3.8) is 0 Å². The van der Waals surface area contributed by atoms with E-state index in [4.69, 9.17) is 25.8 Å². The van der Waals surface area contributed by atoms with Crippen LogP contribution in [0, 0.1) is 5.82 Å². The van der Waals surface area contributed by atoms with Gasteiger partial charge in [0.15, 0.2) is 0 Å². The van der Waals surface area contributed by atoms with Crippen LogP contribution in [0.1, 0.15) is 35.5 Å². The number of hydrogen-bond donors (Lipinski definition) is 1. The van der Waals surface area contributed by atoms with Crippen molar-refractivity contribution in [2.45, 2.75) is 51.2 Å². The Bertz CT molecular complexity index is 1420. The first-order valence-electron chi connectivity index (χ1n) is 13.1. The number of aliphatic carboxylic acids is 1. The number of fused-ring (bicyclic) bond motifs is 1. The maximum Gasteiger partial charge on any atom is 0.345 e. The summed E-state index contributed by atoms with van der Waals surface area (Å²) in [4.78, 5) is 18.4. The molecule has 204 valence electrons. The minimum Gasteiger partial charge on any atom is -0.489 e. The third-order valence-corrected chi connectivity index (χ3v) is 7.71. The fraction of sp³-hybridized carbons (Fsp3) is 0.379. The number of halogens is 2. The Morgan fingerprint density at radius 1 is 1.26 bits per heavy atom. The van der Waals surface area contributed by atoms with Crippen LogP contribution in [0.15, 0.2) is 48.5 Å². The van der Waals surface area contributed by atoms with Crippen LogP contribution < -0.4 is 9.47 Å². The summed E-state index contributed by atoms with van der Waals surface area (Å²) < 4.78 is 33.3. The molecule has 2 atom stereocenters. The molecule has 1 aromatic heterocycles. The zero-order valence-electron chi connectivity index (χ0n) is 21.3. The molecular weight excluding hydrogens is 525 g/mol. The fourth-order valence-electron chi connectivity index (χ4n) is 5.17. The van der Waals surface area contributed by atoms with Crippen LogP contribution in [0.25, 0.3) is 5.57 Å². The lowest BCUT2D eigenvalue weighted by Gasteiger charge is -2.30. The van der Waals surface area contributed by atoms with E-state index in [2.05, 4.69) is 26.6 Å². The van der Waals surface area contributed by atoms with E-state index in [9.17, 15) is 14.3 Å². The molecule has 0 aliphatic carbocycles. The smallest absolute Gasteiger partial charge is 0.345 e. The molecule has 0 bridgehead atoms. The molecule has 39 heavy (non-hydrogen) atoms. The second-order valence-corrected chi connectivity index (χ2v) is 10.5. The topological polar surface area (TPSA) is 86.1 Å². The molecule has 1 N–H and O–H groups in total. The van der Waals surface area contributed by atoms with Crippen molar-refractivity contribution in [3.05, 3.63) is 82.0 Å². The minimum absolute atomic E-state index is 0.124. The van der Waals surface area contributed by atoms with Gasteiger partial charge in [0, 0.05) is 36.7 Å². The number of benzene rings is 2. The van der Waals surface area contributed by atoms with Crippen molar-refractivity contribution in [1.82, 2.24) is 14.5 Å². The van der Waals surface area contributed by atoms with E-state index < -0.39 is 12.1 Å². The lowest BCUT2D eigenvalue weighted by atomic mass is 9.99. The molecule has 0 amide bonds. The van der Waals surface area contributed by atoms with Crippen LogP contribution >= 0.6 is 11.6 Å². The molecular formula is C29H29ClFN3O5. The minimum atomic E-state index is -0.971. The Balaban J connectivity index is 1.11. The summed E-state index contributed by atoms with van der Waals surface area (Å²) in [5.74, 6) is 0.634. The monoisotopic (exact) mass is 553 g/mol. The highest BCUT2D eigenvalue weighted by atomic mass is 35.5. The first kappa shape index (κ1) is 25.9. The molecule has 4 heterocycles. The number of carboxylic acids is 1. The van der Waals surface area contributed by atoms with Crippen molar-refractivity contribution >= 4 is 23.1 Å². The quantitative estimate of drug-likeness (QED) is 0.410. The summed E-state index contributed by atoms with van der Waals surface area (Å²) in [6.45, 7) is 3.79. The Labute approximate surface area is 230 Å². The van der Waals surface area contributed by atoms with Crippen LogP contribution in [0.2, 0.25) is 5.02 Å². The van der Waals surface area contributed by atoms with E-state index in [1.807, 2.05) is 18.2 Å². The third kappa shape index (κ3) is 5.66. The molecule has 3 aliphatic rings. The number of ether oxygens (including phenoxy) is 3. The zero-order chi connectivity index (χ0) is 26.9. The summed E-state index contributed by atoms with van der Waals surface area (Å²) >= 11 is 5.84. The highest BCUT2D eigenvalue weighted by Crippen LogP contribution is 2.32. The predicted octanol–water partition coefficient (Wildman–Crippen LogP) is 4.72. The average molecular weight is 554 g/mol. The van der Waals surface area contributed by atoms with Gasteiger partial charge in [-0.2, -0.15) is 4.98 Å². The second-order valence-electron chi connectivity index (χ2n) is 10.1. The van der Waals surface area contributed by atoms with E-state index in [1.54, 1.807) is 12.1 Å². The van der Waals surface area contributed by atoms with Gasteiger partial charge < -0.3 is 23.9 Å². The molecule has 2 aromatic carbocycles. The molecule has 6 rings (SSSR count). The number of hydrogen-bond acceptors (Lipinski definition) is 6. The van der Waals surface area contributed by atoms with Crippen molar-refractivity contribution in [3.8, 4) is 11.6 Å². The molecule has 3 aromatic rings. The largest absolute Gasteiger partial charge is 0.489 e. The lowest BCUT2D eigenvalue weighted by molar-refractivity contribution is -0.144. The summed E-state index contributed by atoms with van der Waals surface area (Å²) in [6.07, 6.45) is 3.63. The summed E-state index contributed by atoms with van der Waals surface area (Å²) in [5, 5.41) is 9.73. The first-order valence-corrected chi connectivity index (χ1v) is 13.5. The van der Waals surface area contributed by atoms with Gasteiger partial charge >= 0.3 is 5.97 Å². The van der Waals surface area contributed by atoms with Crippen LogP contribution in [0.5, 0.6) is 11.6 Å². The molecule has 0 radical (unpaired) electrons. The molecule has 0 saturated carbocycles. The van der Waals surface area contributed by atoms with E-state index in [0.717, 1.165) is 49.6 Å². The molecule has 10 heteroatoms. The standard InChI is InChI=1S/C29H29ClFN3O5/c30-21-5-4-20(24(31)13-21)17-38-22-3-1-2-19(12-22)18-6-9-33(10-7-18)16-27-32-28-25(14-26(39-28)29(35)36)34(27)15-23-8-11-37-23/h1-6,12-13,23,26H,7-11,14-17H2,(H,35,36). The third-order valence-electron chi connectivity index (χ3n) is 7.48. The van der Waals surface area contributed by atoms with Crippen LogP contribution in [-0.2, 0) is 35.6 Å². The first-order chi connectivity index (χ1) is 18.9. The molecule has 8 nitrogen and oxygen atoms in total. The van der Waals surface area contributed by atoms with Gasteiger partial charge in [-0.05, 0) is 48.2 Å². The van der Waals surface area contributed by atoms with Gasteiger partial charge in [-0.1, -0.05) is 35.9 Å². The number of imidazole rings is 1. The van der Waals surface area contributed by atoms with Crippen LogP contribution in [0.4, 0.5) is 4.39 Å². The summed E-state index contributed by atoms with van der Waals surface area (Å²) in [6, 6.07) is 12.4. The Morgan fingerprint density at radius 3 is 2.85 bits per heavy atom. The number of aromatic nitrogens is 2. The van der Waals surface area contributed by atoms with Crippen molar-refractivity contribution in [2.75, 3.05) is 19.7 Å². The maximum absolute atomic E-state index is 14.1. The molecule has 3 aliphatic heterocycles. The van der Waals surface area contributed by atoms with Gasteiger partial charge in [-0.25, -0.2) is 9.18 Å². The summed E-state index contributed by atoms with van der Waals surface area (Å²) in [5.41, 5.74) is 3.61. The van der Waals surface area contributed by atoms with E-state index in [0.29, 0.717) is 41.7 Å². The van der Waals surface area contributed by atoms with Gasteiger partial charge in [-0.3, -0.25) is 4.90 Å². The van der Waals surface area contributed by atoms with Crippen LogP contribution in [0.3, 0.4) is 0 Å². The van der Waals surface area contributed by atoms with Gasteiger partial charge in [0.25, 0.3) is 0 Å². The Hall–Kier alpha value is -3.40. The molecule has 0 spiro atoms. The molecule has 1 fully saturated rings. The molecule has 1 saturated heterocycles. The number of carboxylic acid groups (broad SMARTS) is 1. The lowest BCUT2D eigenvalue weighted by Crippen LogP contribution is -2.35. The zero-order valence-corrected chi connectivity index (χ0v) is 22.1. The summed E-state index contributed by atoms with van der Waals surface area (Å²) in [7, 11) is 0. The Kier molecular flexibility index (Phi) is 7.29.